The number of nitrogens with one attached hydrogen (secondary N) is 1. The van der Waals surface area contributed by atoms with Gasteiger partial charge in [0, 0.05) is 18.8 Å². The van der Waals surface area contributed by atoms with Gasteiger partial charge >= 0.3 is 0 Å². The molecule has 4 N–H and O–H groups in total. The van der Waals surface area contributed by atoms with Crippen molar-refractivity contribution in [2.75, 3.05) is 25.1 Å². The molecule has 0 radical (unpaired) electrons. The van der Waals surface area contributed by atoms with Crippen LogP contribution in [0, 0.1) is 5.41 Å². The van der Waals surface area contributed by atoms with Gasteiger partial charge in [-0.05, 0) is 27.0 Å². The third kappa shape index (κ3) is 5.39. The van der Waals surface area contributed by atoms with Crippen molar-refractivity contribution >= 4 is 17.7 Å². The summed E-state index contributed by atoms with van der Waals surface area (Å²) in [6.45, 7) is 5.83. The van der Waals surface area contributed by atoms with Gasteiger partial charge in [0.15, 0.2) is 0 Å². The van der Waals surface area contributed by atoms with Crippen LogP contribution in [0.3, 0.4) is 0 Å². The molecule has 0 aliphatic carbocycles. The average Bonchev–Trinajstić information content (AvgIpc) is 2.14. The van der Waals surface area contributed by atoms with E-state index in [0.29, 0.717) is 12.3 Å². The molecule has 0 rings (SSSR count). The molecule has 0 bridgehead atoms. The smallest absolute Gasteiger partial charge is 0.227 e. The first-order valence-corrected chi connectivity index (χ1v) is 6.34. The number of aliphatic hydroxyl groups is 1. The molecule has 90 valence electrons. The van der Waals surface area contributed by atoms with Crippen LogP contribution in [0.5, 0.6) is 0 Å². The van der Waals surface area contributed by atoms with E-state index in [9.17, 15) is 9.90 Å². The summed E-state index contributed by atoms with van der Waals surface area (Å²) >= 11 is 1.55. The van der Waals surface area contributed by atoms with Crippen molar-refractivity contribution in [3.05, 3.63) is 0 Å². The monoisotopic (exact) mass is 234 g/mol. The van der Waals surface area contributed by atoms with Crippen LogP contribution in [0.15, 0.2) is 0 Å². The van der Waals surface area contributed by atoms with Crippen LogP contribution in [0.4, 0.5) is 0 Å². The lowest BCUT2D eigenvalue weighted by atomic mass is 9.92. The molecule has 0 aromatic heterocycles. The third-order valence-electron chi connectivity index (χ3n) is 2.21. The number of carbonyl (C=O) groups excluding carboxylic acids is 1. The maximum Gasteiger partial charge on any atom is 0.227 e. The Morgan fingerprint density at radius 3 is 2.40 bits per heavy atom. The van der Waals surface area contributed by atoms with E-state index in [1.807, 2.05) is 6.26 Å². The predicted octanol–water partition coefficient (Wildman–Crippen LogP) is 0.202. The fourth-order valence-electron chi connectivity index (χ4n) is 0.965. The van der Waals surface area contributed by atoms with Gasteiger partial charge in [0.25, 0.3) is 0 Å². The summed E-state index contributed by atoms with van der Waals surface area (Å²) in [5.74, 6) is 0.474. The highest BCUT2D eigenvalue weighted by Crippen LogP contribution is 2.14. The van der Waals surface area contributed by atoms with E-state index in [1.165, 1.54) is 0 Å². The Kier molecular flexibility index (Phi) is 5.62. The standard InChI is InChI=1S/C10H22N2O2S/c1-9(2,5-11)8(13)12-6-10(3,14)7-15-4/h14H,5-7,11H2,1-4H3,(H,12,13). The van der Waals surface area contributed by atoms with Crippen LogP contribution >= 0.6 is 11.8 Å². The largest absolute Gasteiger partial charge is 0.387 e. The third-order valence-corrected chi connectivity index (χ3v) is 3.12. The van der Waals surface area contributed by atoms with Crippen LogP contribution in [0.2, 0.25) is 0 Å². The molecule has 0 aromatic carbocycles. The van der Waals surface area contributed by atoms with Crippen molar-refractivity contribution in [3.8, 4) is 0 Å². The van der Waals surface area contributed by atoms with Gasteiger partial charge in [-0.15, -0.1) is 0 Å². The van der Waals surface area contributed by atoms with E-state index in [1.54, 1.807) is 32.5 Å². The maximum absolute atomic E-state index is 11.6. The molecule has 0 saturated heterocycles. The van der Waals surface area contributed by atoms with E-state index < -0.39 is 11.0 Å². The van der Waals surface area contributed by atoms with Gasteiger partial charge in [-0.1, -0.05) is 0 Å². The highest BCUT2D eigenvalue weighted by Gasteiger charge is 2.28. The topological polar surface area (TPSA) is 75.3 Å². The fraction of sp³-hybridized carbons (Fsp3) is 0.900. The van der Waals surface area contributed by atoms with Crippen molar-refractivity contribution in [2.45, 2.75) is 26.4 Å². The van der Waals surface area contributed by atoms with Crippen molar-refractivity contribution in [1.29, 1.82) is 0 Å². The van der Waals surface area contributed by atoms with Crippen LogP contribution in [-0.2, 0) is 4.79 Å². The van der Waals surface area contributed by atoms with Crippen LogP contribution in [-0.4, -0.2) is 41.7 Å². The van der Waals surface area contributed by atoms with Gasteiger partial charge in [-0.25, -0.2) is 0 Å². The average molecular weight is 234 g/mol. The van der Waals surface area contributed by atoms with E-state index >= 15 is 0 Å². The first kappa shape index (κ1) is 14.7. The molecular weight excluding hydrogens is 212 g/mol. The van der Waals surface area contributed by atoms with E-state index in [0.717, 1.165) is 0 Å². The summed E-state index contributed by atoms with van der Waals surface area (Å²) in [7, 11) is 0. The molecule has 5 heteroatoms. The van der Waals surface area contributed by atoms with Gasteiger partial charge in [0.05, 0.1) is 11.0 Å². The molecule has 4 nitrogen and oxygen atoms in total. The zero-order valence-electron chi connectivity index (χ0n) is 9.96. The summed E-state index contributed by atoms with van der Waals surface area (Å²) in [5.41, 5.74) is 4.04. The summed E-state index contributed by atoms with van der Waals surface area (Å²) < 4.78 is 0. The lowest BCUT2D eigenvalue weighted by Gasteiger charge is -2.26. The Morgan fingerprint density at radius 1 is 1.47 bits per heavy atom. The molecule has 0 fully saturated rings. The van der Waals surface area contributed by atoms with Crippen molar-refractivity contribution in [1.82, 2.24) is 5.32 Å². The first-order chi connectivity index (χ1) is 6.75. The predicted molar refractivity (Wildman–Crippen MR) is 64.9 cm³/mol. The summed E-state index contributed by atoms with van der Waals surface area (Å²) in [6.07, 6.45) is 1.92. The second-order valence-corrected chi connectivity index (χ2v) is 5.57. The number of hydrogen-bond donors (Lipinski definition) is 3. The number of hydrogen-bond acceptors (Lipinski definition) is 4. The highest BCUT2D eigenvalue weighted by molar-refractivity contribution is 7.98. The fourth-order valence-corrected chi connectivity index (χ4v) is 1.69. The van der Waals surface area contributed by atoms with E-state index in [2.05, 4.69) is 5.32 Å². The molecule has 0 spiro atoms. The molecule has 0 heterocycles. The van der Waals surface area contributed by atoms with E-state index in [-0.39, 0.29) is 12.5 Å². The first-order valence-electron chi connectivity index (χ1n) is 4.95. The Bertz CT molecular complexity index is 217. The van der Waals surface area contributed by atoms with Crippen molar-refractivity contribution in [3.63, 3.8) is 0 Å². The molecule has 15 heavy (non-hydrogen) atoms. The lowest BCUT2D eigenvalue weighted by Crippen LogP contribution is -2.48. The molecular formula is C10H22N2O2S. The van der Waals surface area contributed by atoms with Gasteiger partial charge in [0.2, 0.25) is 5.91 Å². The molecule has 1 amide bonds. The Morgan fingerprint density at radius 2 is 2.00 bits per heavy atom. The quantitative estimate of drug-likeness (QED) is 0.614. The number of carbonyl (C=O) groups is 1. The Balaban J connectivity index is 4.11. The zero-order valence-corrected chi connectivity index (χ0v) is 10.8. The van der Waals surface area contributed by atoms with Gasteiger partial charge in [-0.2, -0.15) is 11.8 Å². The Labute approximate surface area is 96.0 Å². The van der Waals surface area contributed by atoms with Crippen molar-refractivity contribution < 1.29 is 9.90 Å². The molecule has 0 aliphatic heterocycles. The summed E-state index contributed by atoms with van der Waals surface area (Å²) in [5, 5.41) is 12.6. The Hall–Kier alpha value is -0.260. The van der Waals surface area contributed by atoms with Crippen molar-refractivity contribution in [2.24, 2.45) is 11.1 Å². The maximum atomic E-state index is 11.6. The minimum Gasteiger partial charge on any atom is -0.387 e. The molecule has 0 saturated carbocycles. The minimum absolute atomic E-state index is 0.119. The molecule has 0 aromatic rings. The SMILES string of the molecule is CSCC(C)(O)CNC(=O)C(C)(C)CN. The molecule has 1 atom stereocenters. The second-order valence-electron chi connectivity index (χ2n) is 4.70. The summed E-state index contributed by atoms with van der Waals surface area (Å²) in [4.78, 5) is 11.6. The van der Waals surface area contributed by atoms with Crippen LogP contribution < -0.4 is 11.1 Å². The number of thioether (sulfide) groups is 1. The highest BCUT2D eigenvalue weighted by atomic mass is 32.2. The summed E-state index contributed by atoms with van der Waals surface area (Å²) in [6, 6.07) is 0. The number of amides is 1. The minimum atomic E-state index is -0.861. The second kappa shape index (κ2) is 5.72. The van der Waals surface area contributed by atoms with Gasteiger partial charge in [0.1, 0.15) is 0 Å². The van der Waals surface area contributed by atoms with Crippen LogP contribution in [0.1, 0.15) is 20.8 Å². The van der Waals surface area contributed by atoms with E-state index in [4.69, 9.17) is 5.73 Å². The lowest BCUT2D eigenvalue weighted by molar-refractivity contribution is -0.129. The molecule has 1 unspecified atom stereocenters. The van der Waals surface area contributed by atoms with Gasteiger partial charge < -0.3 is 16.2 Å². The number of rotatable bonds is 6. The normalized spacial score (nSPS) is 15.9. The van der Waals surface area contributed by atoms with Gasteiger partial charge in [-0.3, -0.25) is 4.79 Å². The molecule has 0 aliphatic rings. The van der Waals surface area contributed by atoms with Crippen LogP contribution in [0.25, 0.3) is 0 Å². The number of nitrogens with two attached hydrogens (primary N) is 1. The zero-order chi connectivity index (χ0) is 12.1.